The fraction of sp³-hybridized carbons (Fsp3) is 0.111. The molecule has 0 radical (unpaired) electrons. The van der Waals surface area contributed by atoms with Crippen molar-refractivity contribution in [3.8, 4) is 0 Å². The monoisotopic (exact) mass is 185 g/mol. The number of rotatable bonds is 0. The summed E-state index contributed by atoms with van der Waals surface area (Å²) in [4.78, 5) is 4.31. The van der Waals surface area contributed by atoms with Gasteiger partial charge < -0.3 is 0 Å². The van der Waals surface area contributed by atoms with E-state index in [1.807, 2.05) is 24.3 Å². The van der Waals surface area contributed by atoms with Crippen molar-refractivity contribution >= 4 is 11.9 Å². The molecule has 14 heavy (non-hydrogen) atoms. The molecule has 0 N–H and O–H groups in total. The second-order valence-corrected chi connectivity index (χ2v) is 3.08. The molecule has 2 heterocycles. The second kappa shape index (κ2) is 2.73. The molecule has 5 heteroatoms. The molecule has 1 aromatic heterocycles. The topological polar surface area (TPSA) is 56.0 Å². The second-order valence-electron chi connectivity index (χ2n) is 3.08. The smallest absolute Gasteiger partial charge is 0.193 e. The fourth-order valence-electron chi connectivity index (χ4n) is 1.48. The van der Waals surface area contributed by atoms with E-state index in [0.717, 1.165) is 11.3 Å². The van der Waals surface area contributed by atoms with Gasteiger partial charge in [0, 0.05) is 0 Å². The van der Waals surface area contributed by atoms with E-state index in [2.05, 4.69) is 20.5 Å². The summed E-state index contributed by atoms with van der Waals surface area (Å²) >= 11 is 0. The van der Waals surface area contributed by atoms with Crippen LogP contribution in [0, 0.1) is 0 Å². The van der Waals surface area contributed by atoms with Crippen LogP contribution in [0.1, 0.15) is 11.4 Å². The molecule has 3 rings (SSSR count). The Morgan fingerprint density at radius 3 is 3.14 bits per heavy atom. The molecule has 5 nitrogen and oxygen atoms in total. The molecule has 0 saturated carbocycles. The van der Waals surface area contributed by atoms with E-state index in [0.29, 0.717) is 12.4 Å². The Balaban J connectivity index is 2.19. The minimum atomic E-state index is 0.679. The molecule has 0 amide bonds. The van der Waals surface area contributed by atoms with Gasteiger partial charge in [-0.1, -0.05) is 18.2 Å². The van der Waals surface area contributed by atoms with Gasteiger partial charge >= 0.3 is 0 Å². The van der Waals surface area contributed by atoms with Crippen molar-refractivity contribution < 1.29 is 0 Å². The molecular weight excluding hydrogens is 178 g/mol. The quantitative estimate of drug-likeness (QED) is 0.520. The average Bonchev–Trinajstić information content (AvgIpc) is 2.58. The Bertz CT molecular complexity index is 499. The highest BCUT2D eigenvalue weighted by Gasteiger charge is 2.10. The van der Waals surface area contributed by atoms with Gasteiger partial charge in [-0.3, -0.25) is 4.99 Å². The lowest BCUT2D eigenvalue weighted by Gasteiger charge is -2.01. The van der Waals surface area contributed by atoms with Crippen molar-refractivity contribution in [3.05, 3.63) is 35.7 Å². The molecule has 68 valence electrons. The van der Waals surface area contributed by atoms with Crippen LogP contribution in [-0.4, -0.2) is 26.4 Å². The molecule has 0 aliphatic carbocycles. The summed E-state index contributed by atoms with van der Waals surface area (Å²) in [6.45, 7) is 0.679. The minimum Gasteiger partial charge on any atom is -0.253 e. The first-order valence-electron chi connectivity index (χ1n) is 4.31. The molecule has 0 bridgehead atoms. The number of aliphatic imine (C=N–C) groups is 1. The summed E-state index contributed by atoms with van der Waals surface area (Å²) in [6.07, 6.45) is 1.69. The predicted molar refractivity (Wildman–Crippen MR) is 50.6 cm³/mol. The van der Waals surface area contributed by atoms with Crippen molar-refractivity contribution in [2.75, 3.05) is 0 Å². The highest BCUT2D eigenvalue weighted by Crippen LogP contribution is 2.21. The van der Waals surface area contributed by atoms with E-state index < -0.39 is 0 Å². The Labute approximate surface area is 80.1 Å². The average molecular weight is 185 g/mol. The van der Waals surface area contributed by atoms with E-state index in [1.54, 1.807) is 10.9 Å². The van der Waals surface area contributed by atoms with Gasteiger partial charge in [0.05, 0.1) is 18.4 Å². The first kappa shape index (κ1) is 7.37. The van der Waals surface area contributed by atoms with Crippen LogP contribution in [0.2, 0.25) is 0 Å². The van der Waals surface area contributed by atoms with Crippen LogP contribution < -0.4 is 0 Å². The molecule has 1 aliphatic rings. The SMILES string of the molecule is C1=Nc2ccccc2Cn2nnnc21. The Morgan fingerprint density at radius 2 is 2.14 bits per heavy atom. The molecule has 0 spiro atoms. The van der Waals surface area contributed by atoms with E-state index in [-0.39, 0.29) is 0 Å². The van der Waals surface area contributed by atoms with Crippen molar-refractivity contribution in [1.29, 1.82) is 0 Å². The zero-order valence-electron chi connectivity index (χ0n) is 7.33. The zero-order chi connectivity index (χ0) is 9.38. The summed E-state index contributed by atoms with van der Waals surface area (Å²) in [5, 5.41) is 11.3. The number of tetrazole rings is 1. The lowest BCUT2D eigenvalue weighted by Crippen LogP contribution is -2.04. The molecule has 0 fully saturated rings. The fourth-order valence-corrected chi connectivity index (χ4v) is 1.48. The Kier molecular flexibility index (Phi) is 1.44. The minimum absolute atomic E-state index is 0.679. The van der Waals surface area contributed by atoms with Gasteiger partial charge in [0.15, 0.2) is 5.82 Å². The zero-order valence-corrected chi connectivity index (χ0v) is 7.33. The molecule has 0 atom stereocenters. The van der Waals surface area contributed by atoms with Crippen LogP contribution in [0.3, 0.4) is 0 Å². The highest BCUT2D eigenvalue weighted by molar-refractivity contribution is 5.78. The van der Waals surface area contributed by atoms with Crippen LogP contribution in [0.4, 0.5) is 5.69 Å². The first-order valence-corrected chi connectivity index (χ1v) is 4.31. The number of benzene rings is 1. The predicted octanol–water partition coefficient (Wildman–Crippen LogP) is 0.785. The standard InChI is InChI=1S/C9H7N5/c1-2-4-8-7(3-1)6-14-9(5-10-8)11-12-13-14/h1-5H,6H2. The Hall–Kier alpha value is -2.04. The number of para-hydroxylation sites is 1. The van der Waals surface area contributed by atoms with Gasteiger partial charge in [-0.2, -0.15) is 0 Å². The first-order chi connectivity index (χ1) is 6.93. The maximum atomic E-state index is 4.31. The van der Waals surface area contributed by atoms with Gasteiger partial charge in [-0.25, -0.2) is 4.68 Å². The van der Waals surface area contributed by atoms with Crippen molar-refractivity contribution in [3.63, 3.8) is 0 Å². The molecule has 1 aliphatic heterocycles. The van der Waals surface area contributed by atoms with E-state index in [1.165, 1.54) is 0 Å². The number of hydrogen-bond acceptors (Lipinski definition) is 4. The van der Waals surface area contributed by atoms with Crippen LogP contribution in [-0.2, 0) is 6.54 Å². The maximum absolute atomic E-state index is 4.31. The third-order valence-corrected chi connectivity index (χ3v) is 2.19. The lowest BCUT2D eigenvalue weighted by molar-refractivity contribution is 0.648. The highest BCUT2D eigenvalue weighted by atomic mass is 15.5. The third-order valence-electron chi connectivity index (χ3n) is 2.19. The van der Waals surface area contributed by atoms with E-state index >= 15 is 0 Å². The lowest BCUT2D eigenvalue weighted by atomic mass is 10.2. The van der Waals surface area contributed by atoms with Gasteiger partial charge in [0.2, 0.25) is 0 Å². The summed E-state index contributed by atoms with van der Waals surface area (Å²) in [5.74, 6) is 0.696. The summed E-state index contributed by atoms with van der Waals surface area (Å²) in [6, 6.07) is 7.97. The van der Waals surface area contributed by atoms with Gasteiger partial charge in [0.1, 0.15) is 0 Å². The van der Waals surface area contributed by atoms with Crippen LogP contribution >= 0.6 is 0 Å². The van der Waals surface area contributed by atoms with Crippen LogP contribution in [0.15, 0.2) is 29.3 Å². The van der Waals surface area contributed by atoms with Crippen molar-refractivity contribution in [1.82, 2.24) is 20.2 Å². The summed E-state index contributed by atoms with van der Waals surface area (Å²) < 4.78 is 1.73. The van der Waals surface area contributed by atoms with E-state index in [9.17, 15) is 0 Å². The molecule has 2 aromatic rings. The van der Waals surface area contributed by atoms with E-state index in [4.69, 9.17) is 0 Å². The Morgan fingerprint density at radius 1 is 1.21 bits per heavy atom. The van der Waals surface area contributed by atoms with Gasteiger partial charge in [-0.05, 0) is 22.1 Å². The largest absolute Gasteiger partial charge is 0.253 e. The number of hydrogen-bond donors (Lipinski definition) is 0. The number of fused-ring (bicyclic) bond motifs is 2. The molecular formula is C9H7N5. The number of aromatic nitrogens is 4. The normalized spacial score (nSPS) is 13.1. The molecule has 1 aromatic carbocycles. The van der Waals surface area contributed by atoms with Crippen molar-refractivity contribution in [2.45, 2.75) is 6.54 Å². The summed E-state index contributed by atoms with van der Waals surface area (Å²) in [5.41, 5.74) is 2.11. The van der Waals surface area contributed by atoms with Gasteiger partial charge in [-0.15, -0.1) is 5.10 Å². The molecule has 0 saturated heterocycles. The molecule has 0 unspecified atom stereocenters. The van der Waals surface area contributed by atoms with Crippen LogP contribution in [0.25, 0.3) is 0 Å². The maximum Gasteiger partial charge on any atom is 0.193 e. The number of nitrogens with zero attached hydrogens (tertiary/aromatic N) is 5. The van der Waals surface area contributed by atoms with Gasteiger partial charge in [0.25, 0.3) is 0 Å². The van der Waals surface area contributed by atoms with Crippen LogP contribution in [0.5, 0.6) is 0 Å². The third kappa shape index (κ3) is 1.02. The summed E-state index contributed by atoms with van der Waals surface area (Å²) in [7, 11) is 0. The van der Waals surface area contributed by atoms with Crippen molar-refractivity contribution in [2.24, 2.45) is 4.99 Å².